The average Bonchev–Trinajstić information content (AvgIpc) is 3.63. The number of imide groups is 1. The molecule has 3 aromatic heterocycles. The maximum atomic E-state index is 13.0. The molecule has 2 saturated heterocycles. The Hall–Kier alpha value is -4.56. The maximum absolute atomic E-state index is 13.0. The van der Waals surface area contributed by atoms with Crippen molar-refractivity contribution in [3.05, 3.63) is 52.3 Å². The van der Waals surface area contributed by atoms with Crippen LogP contribution in [0.25, 0.3) is 22.1 Å². The molecule has 14 heteroatoms. The van der Waals surface area contributed by atoms with Crippen LogP contribution >= 0.6 is 0 Å². The Kier molecular flexibility index (Phi) is 9.99. The molecule has 3 amide bonds. The molecule has 5 heterocycles. The quantitative estimate of drug-likeness (QED) is 0.159. The van der Waals surface area contributed by atoms with Gasteiger partial charge in [-0.15, -0.1) is 0 Å². The van der Waals surface area contributed by atoms with Crippen LogP contribution in [-0.4, -0.2) is 103 Å². The number of carbonyl (C=O) groups is 3. The summed E-state index contributed by atoms with van der Waals surface area (Å²) in [6.45, 7) is 6.37. The summed E-state index contributed by atoms with van der Waals surface area (Å²) in [6, 6.07) is 6.09. The summed E-state index contributed by atoms with van der Waals surface area (Å²) in [5.74, 6) is 0.328. The zero-order valence-electron chi connectivity index (χ0n) is 28.9. The number of benzene rings is 1. The Bertz CT molecular complexity index is 1930. The molecule has 0 radical (unpaired) electrons. The number of ether oxygens (including phenoxy) is 1. The van der Waals surface area contributed by atoms with E-state index in [0.29, 0.717) is 43.7 Å². The number of piperazine rings is 1. The van der Waals surface area contributed by atoms with Crippen molar-refractivity contribution in [2.24, 2.45) is 7.05 Å². The normalized spacial score (nSPS) is 22.0. The largest absolute Gasteiger partial charge is 0.381 e. The molecule has 3 aliphatic rings. The molecule has 1 saturated carbocycles. The first-order valence-electron chi connectivity index (χ1n) is 17.9. The lowest BCUT2D eigenvalue weighted by Crippen LogP contribution is -2.53. The summed E-state index contributed by atoms with van der Waals surface area (Å²) in [6.07, 6.45) is 10.5. The van der Waals surface area contributed by atoms with Crippen LogP contribution in [0.2, 0.25) is 0 Å². The first kappa shape index (κ1) is 33.9. The van der Waals surface area contributed by atoms with Gasteiger partial charge in [-0.1, -0.05) is 6.07 Å². The lowest BCUT2D eigenvalue weighted by atomic mass is 9.89. The zero-order chi connectivity index (χ0) is 34.8. The van der Waals surface area contributed by atoms with Crippen LogP contribution in [0.4, 0.5) is 5.82 Å². The molecular weight excluding hydrogens is 638 g/mol. The van der Waals surface area contributed by atoms with Gasteiger partial charge in [0.15, 0.2) is 0 Å². The second-order valence-electron chi connectivity index (χ2n) is 14.0. The molecule has 1 aliphatic carbocycles. The van der Waals surface area contributed by atoms with Gasteiger partial charge in [0, 0.05) is 64.5 Å². The third-order valence-electron chi connectivity index (χ3n) is 10.8. The summed E-state index contributed by atoms with van der Waals surface area (Å²) >= 11 is 0. The highest BCUT2D eigenvalue weighted by atomic mass is 16.5. The van der Waals surface area contributed by atoms with Crippen molar-refractivity contribution in [2.75, 3.05) is 44.7 Å². The number of aromatic nitrogens is 5. The number of nitrogens with one attached hydrogen (secondary N) is 3. The van der Waals surface area contributed by atoms with Crippen molar-refractivity contribution in [3.63, 3.8) is 0 Å². The van der Waals surface area contributed by atoms with E-state index in [9.17, 15) is 19.2 Å². The van der Waals surface area contributed by atoms with Crippen LogP contribution in [0.1, 0.15) is 68.5 Å². The summed E-state index contributed by atoms with van der Waals surface area (Å²) in [4.78, 5) is 66.6. The number of hydrogen-bond donors (Lipinski definition) is 3. The molecule has 7 rings (SSSR count). The molecule has 1 aromatic carbocycles. The Balaban J connectivity index is 0.797. The Morgan fingerprint density at radius 1 is 1.00 bits per heavy atom. The number of amides is 3. The van der Waals surface area contributed by atoms with Crippen molar-refractivity contribution in [1.82, 2.24) is 39.2 Å². The molecule has 266 valence electrons. The van der Waals surface area contributed by atoms with Gasteiger partial charge < -0.3 is 19.9 Å². The van der Waals surface area contributed by atoms with Crippen LogP contribution in [0, 0.1) is 6.92 Å². The Morgan fingerprint density at radius 2 is 1.80 bits per heavy atom. The van der Waals surface area contributed by atoms with Gasteiger partial charge in [-0.2, -0.15) is 0 Å². The molecule has 0 bridgehead atoms. The predicted molar refractivity (Wildman–Crippen MR) is 189 cm³/mol. The maximum Gasteiger partial charge on any atom is 0.329 e. The molecule has 14 nitrogen and oxygen atoms in total. The number of imidazole rings is 1. The molecule has 1 atom stereocenters. The molecule has 1 unspecified atom stereocenters. The smallest absolute Gasteiger partial charge is 0.329 e. The summed E-state index contributed by atoms with van der Waals surface area (Å²) in [5, 5.41) is 7.09. The van der Waals surface area contributed by atoms with E-state index in [2.05, 4.69) is 37.4 Å². The van der Waals surface area contributed by atoms with E-state index < -0.39 is 11.9 Å². The van der Waals surface area contributed by atoms with Crippen molar-refractivity contribution >= 4 is 45.6 Å². The van der Waals surface area contributed by atoms with Gasteiger partial charge in [0.1, 0.15) is 23.8 Å². The standard InChI is InChI=1S/C36H47N9O5/c1-23-21-37-33-32(23)34(39-22-38-33)40-25-6-8-26(9-7-25)43-14-16-44(17-15-43)31(47)13-19-50-18-3-4-24-5-10-27-29(20-24)42(2)36(49)45(27)28-11-12-30(46)41-35(28)48/h5,10,20-22,25-26,28H,3-4,6-9,11-19H2,1-2H3,(H,41,46,48)(H2,37,38,39,40). The fourth-order valence-corrected chi connectivity index (χ4v) is 7.93. The third kappa shape index (κ3) is 7.04. The summed E-state index contributed by atoms with van der Waals surface area (Å²) in [7, 11) is 1.70. The fraction of sp³-hybridized carbons (Fsp3) is 0.556. The second-order valence-corrected chi connectivity index (χ2v) is 14.0. The van der Waals surface area contributed by atoms with Crippen molar-refractivity contribution in [3.8, 4) is 0 Å². The number of fused-ring (bicyclic) bond motifs is 2. The van der Waals surface area contributed by atoms with Crippen molar-refractivity contribution in [1.29, 1.82) is 0 Å². The number of piperidine rings is 1. The average molecular weight is 686 g/mol. The van der Waals surface area contributed by atoms with Gasteiger partial charge >= 0.3 is 5.69 Å². The van der Waals surface area contributed by atoms with Crippen molar-refractivity contribution in [2.45, 2.75) is 82.8 Å². The summed E-state index contributed by atoms with van der Waals surface area (Å²) in [5.41, 5.74) is 4.25. The number of aryl methyl sites for hydroxylation is 3. The van der Waals surface area contributed by atoms with E-state index in [0.717, 1.165) is 98.2 Å². The first-order chi connectivity index (χ1) is 24.3. The Morgan fingerprint density at radius 3 is 2.58 bits per heavy atom. The van der Waals surface area contributed by atoms with E-state index in [1.807, 2.05) is 29.3 Å². The van der Waals surface area contributed by atoms with E-state index in [1.165, 1.54) is 4.57 Å². The van der Waals surface area contributed by atoms with Gasteiger partial charge in [-0.3, -0.25) is 33.7 Å². The van der Waals surface area contributed by atoms with Crippen LogP contribution in [-0.2, 0) is 32.6 Å². The lowest BCUT2D eigenvalue weighted by molar-refractivity contribution is -0.136. The zero-order valence-corrected chi connectivity index (χ0v) is 28.9. The van der Waals surface area contributed by atoms with Gasteiger partial charge in [-0.05, 0) is 75.1 Å². The van der Waals surface area contributed by atoms with E-state index >= 15 is 0 Å². The minimum absolute atomic E-state index is 0.153. The third-order valence-corrected chi connectivity index (χ3v) is 10.8. The number of anilines is 1. The van der Waals surface area contributed by atoms with E-state index in [1.54, 1.807) is 17.9 Å². The fourth-order valence-electron chi connectivity index (χ4n) is 7.93. The number of hydrogen-bond acceptors (Lipinski definition) is 9. The molecular formula is C36H47N9O5. The van der Waals surface area contributed by atoms with Crippen molar-refractivity contribution < 1.29 is 19.1 Å². The molecule has 50 heavy (non-hydrogen) atoms. The van der Waals surface area contributed by atoms with E-state index in [-0.39, 0.29) is 23.9 Å². The number of aromatic amines is 1. The van der Waals surface area contributed by atoms with Gasteiger partial charge in [-0.25, -0.2) is 14.8 Å². The van der Waals surface area contributed by atoms with Gasteiger partial charge in [0.25, 0.3) is 0 Å². The molecule has 0 spiro atoms. The lowest BCUT2D eigenvalue weighted by Gasteiger charge is -2.42. The molecule has 3 fully saturated rings. The molecule has 3 N–H and O–H groups in total. The first-order valence-corrected chi connectivity index (χ1v) is 17.9. The second kappa shape index (κ2) is 14.7. The highest BCUT2D eigenvalue weighted by Gasteiger charge is 2.32. The van der Waals surface area contributed by atoms with E-state index in [4.69, 9.17) is 4.74 Å². The van der Waals surface area contributed by atoms with Crippen LogP contribution in [0.5, 0.6) is 0 Å². The van der Waals surface area contributed by atoms with Crippen LogP contribution in [0.3, 0.4) is 0 Å². The minimum Gasteiger partial charge on any atom is -0.381 e. The van der Waals surface area contributed by atoms with Gasteiger partial charge in [0.2, 0.25) is 17.7 Å². The minimum atomic E-state index is -0.693. The SMILES string of the molecule is Cc1c[nH]c2ncnc(NC3CCC(N4CCN(C(=O)CCOCCCc5ccc6c(c5)n(C)c(=O)n6C5CCC(=O)NC5=O)CC4)CC3)c12. The number of carbonyl (C=O) groups excluding carboxylic acids is 3. The monoisotopic (exact) mass is 685 g/mol. The highest BCUT2D eigenvalue weighted by molar-refractivity contribution is 6.00. The topological polar surface area (TPSA) is 159 Å². The Labute approximate surface area is 290 Å². The number of nitrogens with zero attached hydrogens (tertiary/aromatic N) is 6. The molecule has 2 aliphatic heterocycles. The highest BCUT2D eigenvalue weighted by Crippen LogP contribution is 2.29. The summed E-state index contributed by atoms with van der Waals surface area (Å²) < 4.78 is 8.89. The number of rotatable bonds is 11. The van der Waals surface area contributed by atoms with Crippen LogP contribution < -0.4 is 16.3 Å². The number of H-pyrrole nitrogens is 1. The molecule has 4 aromatic rings. The van der Waals surface area contributed by atoms with Gasteiger partial charge in [0.05, 0.1) is 29.4 Å². The van der Waals surface area contributed by atoms with Crippen LogP contribution in [0.15, 0.2) is 35.5 Å². The predicted octanol–water partition coefficient (Wildman–Crippen LogP) is 2.80.